The van der Waals surface area contributed by atoms with E-state index in [1.54, 1.807) is 0 Å². The van der Waals surface area contributed by atoms with Crippen molar-refractivity contribution in [1.29, 1.82) is 0 Å². The Balaban J connectivity index is 1.64. The molecule has 6 aromatic carbocycles. The highest BCUT2D eigenvalue weighted by Crippen LogP contribution is 2.42. The summed E-state index contributed by atoms with van der Waals surface area (Å²) in [6.07, 6.45) is 0. The Kier molecular flexibility index (Phi) is 3.42. The smallest absolute Gasteiger partial charge is 0.136 e. The van der Waals surface area contributed by atoms with Gasteiger partial charge in [0.05, 0.1) is 11.0 Å². The zero-order valence-electron chi connectivity index (χ0n) is 18.3. The van der Waals surface area contributed by atoms with Crippen molar-refractivity contribution in [2.75, 3.05) is 0 Å². The van der Waals surface area contributed by atoms with Crippen LogP contribution in [0.5, 0.6) is 0 Å². The van der Waals surface area contributed by atoms with Gasteiger partial charge in [-0.05, 0) is 57.9 Å². The van der Waals surface area contributed by atoms with E-state index in [0.717, 1.165) is 22.2 Å². The first-order valence-electron chi connectivity index (χ1n) is 11.6. The molecule has 0 amide bonds. The molecule has 0 fully saturated rings. The summed E-state index contributed by atoms with van der Waals surface area (Å²) in [5.74, 6) is 0. The monoisotopic (exact) mass is 433 g/mol. The van der Waals surface area contributed by atoms with Crippen LogP contribution >= 0.6 is 0 Å². The highest BCUT2D eigenvalue weighted by Gasteiger charge is 2.18. The molecule has 0 unspecified atom stereocenters. The van der Waals surface area contributed by atoms with Crippen molar-refractivity contribution in [2.45, 2.75) is 0 Å². The fourth-order valence-electron chi connectivity index (χ4n) is 5.68. The largest absolute Gasteiger partial charge is 0.456 e. The van der Waals surface area contributed by atoms with Gasteiger partial charge in [0.25, 0.3) is 0 Å². The van der Waals surface area contributed by atoms with Crippen molar-refractivity contribution in [2.24, 2.45) is 0 Å². The zero-order valence-corrected chi connectivity index (χ0v) is 18.3. The van der Waals surface area contributed by atoms with E-state index >= 15 is 0 Å². The Hall–Kier alpha value is -4.56. The lowest BCUT2D eigenvalue weighted by molar-refractivity contribution is 0.670. The minimum Gasteiger partial charge on any atom is -0.456 e. The van der Waals surface area contributed by atoms with Crippen LogP contribution in [-0.4, -0.2) is 4.57 Å². The number of rotatable bonds is 1. The molecule has 0 N–H and O–H groups in total. The third kappa shape index (κ3) is 2.29. The van der Waals surface area contributed by atoms with Crippen molar-refractivity contribution in [3.63, 3.8) is 0 Å². The van der Waals surface area contributed by atoms with Gasteiger partial charge in [0, 0.05) is 27.2 Å². The van der Waals surface area contributed by atoms with Crippen LogP contribution in [0.25, 0.3) is 71.0 Å². The van der Waals surface area contributed by atoms with Gasteiger partial charge in [-0.25, -0.2) is 0 Å². The molecule has 0 saturated carbocycles. The predicted molar refractivity (Wildman–Crippen MR) is 143 cm³/mol. The number of fused-ring (bicyclic) bond motifs is 10. The topological polar surface area (TPSA) is 18.1 Å². The standard InChI is InChI=1S/C32H19NO/c1-2-10-22(11-3-1)33-27-16-14-20-8-4-6-12-23(20)31(27)25-19-30-26(18-28(25)33)32-24-13-7-5-9-21(24)15-17-29(32)34-30/h1-19H. The summed E-state index contributed by atoms with van der Waals surface area (Å²) in [6.45, 7) is 0. The van der Waals surface area contributed by atoms with Crippen LogP contribution in [-0.2, 0) is 0 Å². The van der Waals surface area contributed by atoms with Crippen LogP contribution in [0.4, 0.5) is 0 Å². The fourth-order valence-corrected chi connectivity index (χ4v) is 5.68. The Morgan fingerprint density at radius 3 is 1.91 bits per heavy atom. The first-order valence-corrected chi connectivity index (χ1v) is 11.6. The molecule has 2 heterocycles. The lowest BCUT2D eigenvalue weighted by Crippen LogP contribution is -1.93. The highest BCUT2D eigenvalue weighted by atomic mass is 16.3. The van der Waals surface area contributed by atoms with Crippen molar-refractivity contribution >= 4 is 65.3 Å². The third-order valence-electron chi connectivity index (χ3n) is 7.15. The summed E-state index contributed by atoms with van der Waals surface area (Å²) >= 11 is 0. The van der Waals surface area contributed by atoms with Gasteiger partial charge in [-0.2, -0.15) is 0 Å². The maximum Gasteiger partial charge on any atom is 0.136 e. The zero-order chi connectivity index (χ0) is 22.2. The van der Waals surface area contributed by atoms with E-state index in [1.807, 2.05) is 0 Å². The average Bonchev–Trinajstić information content (AvgIpc) is 3.43. The number of para-hydroxylation sites is 1. The predicted octanol–water partition coefficient (Wildman–Crippen LogP) is 8.99. The quantitative estimate of drug-likeness (QED) is 0.253. The maximum absolute atomic E-state index is 6.44. The van der Waals surface area contributed by atoms with Gasteiger partial charge in [-0.1, -0.05) is 78.9 Å². The summed E-state index contributed by atoms with van der Waals surface area (Å²) < 4.78 is 8.82. The van der Waals surface area contributed by atoms with Crippen LogP contribution in [0.15, 0.2) is 120 Å². The van der Waals surface area contributed by atoms with Crippen molar-refractivity contribution < 1.29 is 4.42 Å². The maximum atomic E-state index is 6.44. The molecule has 0 atom stereocenters. The lowest BCUT2D eigenvalue weighted by atomic mass is 10.0. The van der Waals surface area contributed by atoms with E-state index in [4.69, 9.17) is 4.42 Å². The van der Waals surface area contributed by atoms with E-state index in [0.29, 0.717) is 0 Å². The summed E-state index contributed by atoms with van der Waals surface area (Å²) in [5.41, 5.74) is 5.43. The summed E-state index contributed by atoms with van der Waals surface area (Å²) in [6, 6.07) is 41.1. The van der Waals surface area contributed by atoms with E-state index in [2.05, 4.69) is 120 Å². The second-order valence-corrected chi connectivity index (χ2v) is 8.98. The van der Waals surface area contributed by atoms with Crippen molar-refractivity contribution in [3.05, 3.63) is 115 Å². The molecule has 8 rings (SSSR count). The molecule has 0 bridgehead atoms. The molecule has 2 aromatic heterocycles. The van der Waals surface area contributed by atoms with Gasteiger partial charge in [-0.15, -0.1) is 0 Å². The number of nitrogens with zero attached hydrogens (tertiary/aromatic N) is 1. The Labute approximate surface area is 195 Å². The summed E-state index contributed by atoms with van der Waals surface area (Å²) in [5, 5.41) is 9.79. The highest BCUT2D eigenvalue weighted by molar-refractivity contribution is 6.26. The molecule has 0 spiro atoms. The van der Waals surface area contributed by atoms with E-state index in [-0.39, 0.29) is 0 Å². The number of furan rings is 1. The molecular weight excluding hydrogens is 414 g/mol. The van der Waals surface area contributed by atoms with Gasteiger partial charge >= 0.3 is 0 Å². The number of hydrogen-bond acceptors (Lipinski definition) is 1. The molecule has 0 aliphatic heterocycles. The first-order chi connectivity index (χ1) is 16.9. The normalized spacial score (nSPS) is 12.1. The van der Waals surface area contributed by atoms with E-state index in [9.17, 15) is 0 Å². The van der Waals surface area contributed by atoms with Gasteiger partial charge in [0.15, 0.2) is 0 Å². The lowest BCUT2D eigenvalue weighted by Gasteiger charge is -2.08. The fraction of sp³-hybridized carbons (Fsp3) is 0. The Bertz CT molecular complexity index is 2060. The van der Waals surface area contributed by atoms with Crippen LogP contribution in [0.1, 0.15) is 0 Å². The van der Waals surface area contributed by atoms with Crippen LogP contribution in [0, 0.1) is 0 Å². The van der Waals surface area contributed by atoms with Crippen LogP contribution in [0.3, 0.4) is 0 Å². The van der Waals surface area contributed by atoms with Crippen LogP contribution in [0.2, 0.25) is 0 Å². The molecule has 0 aliphatic rings. The second-order valence-electron chi connectivity index (χ2n) is 8.98. The molecule has 2 nitrogen and oxygen atoms in total. The van der Waals surface area contributed by atoms with Crippen LogP contribution < -0.4 is 0 Å². The molecule has 8 aromatic rings. The van der Waals surface area contributed by atoms with Gasteiger partial charge in [0.2, 0.25) is 0 Å². The average molecular weight is 434 g/mol. The van der Waals surface area contributed by atoms with E-state index in [1.165, 1.54) is 48.7 Å². The molecule has 0 radical (unpaired) electrons. The molecule has 158 valence electrons. The van der Waals surface area contributed by atoms with Gasteiger partial charge in [-0.3, -0.25) is 0 Å². The summed E-state index contributed by atoms with van der Waals surface area (Å²) in [7, 11) is 0. The van der Waals surface area contributed by atoms with E-state index < -0.39 is 0 Å². The van der Waals surface area contributed by atoms with Crippen molar-refractivity contribution in [1.82, 2.24) is 4.57 Å². The SMILES string of the molecule is c1ccc(-n2c3cc4c(cc3c3c5ccccc5ccc32)oc2ccc3ccccc3c24)cc1. The molecular formula is C32H19NO. The number of aromatic nitrogens is 1. The van der Waals surface area contributed by atoms with Crippen molar-refractivity contribution in [3.8, 4) is 5.69 Å². The number of hydrogen-bond donors (Lipinski definition) is 0. The second kappa shape index (κ2) is 6.49. The molecule has 0 saturated heterocycles. The third-order valence-corrected chi connectivity index (χ3v) is 7.15. The minimum atomic E-state index is 0.930. The molecule has 34 heavy (non-hydrogen) atoms. The minimum absolute atomic E-state index is 0.930. The molecule has 2 heteroatoms. The number of benzene rings is 6. The van der Waals surface area contributed by atoms with Gasteiger partial charge in [0.1, 0.15) is 11.2 Å². The molecule has 0 aliphatic carbocycles. The first kappa shape index (κ1) is 17.9. The van der Waals surface area contributed by atoms with Gasteiger partial charge < -0.3 is 8.98 Å². The summed E-state index contributed by atoms with van der Waals surface area (Å²) in [4.78, 5) is 0. The Morgan fingerprint density at radius 1 is 0.441 bits per heavy atom. The Morgan fingerprint density at radius 2 is 1.12 bits per heavy atom.